The van der Waals surface area contributed by atoms with Crippen molar-refractivity contribution in [2.24, 2.45) is 5.73 Å². The molecule has 0 saturated heterocycles. The lowest BCUT2D eigenvalue weighted by Gasteiger charge is -2.11. The topological polar surface area (TPSA) is 75.7 Å². The minimum absolute atomic E-state index is 0.0460. The number of aliphatic hydroxyl groups is 2. The minimum Gasteiger partial charge on any atom is -0.488 e. The van der Waals surface area contributed by atoms with E-state index in [1.165, 1.54) is 5.56 Å². The molecule has 1 atom stereocenters. The maximum absolute atomic E-state index is 9.12. The summed E-state index contributed by atoms with van der Waals surface area (Å²) in [6, 6.07) is 13.2. The SMILES string of the molecule is NCC1Cc2cccc(-c3ccc(C(O)O)cc3)c2O1. The van der Waals surface area contributed by atoms with E-state index in [4.69, 9.17) is 20.7 Å². The fourth-order valence-corrected chi connectivity index (χ4v) is 2.53. The van der Waals surface area contributed by atoms with E-state index in [1.54, 1.807) is 12.1 Å². The number of aliphatic hydroxyl groups excluding tert-OH is 1. The number of para-hydroxylation sites is 1. The van der Waals surface area contributed by atoms with E-state index in [0.717, 1.165) is 23.3 Å². The molecule has 0 aromatic heterocycles. The van der Waals surface area contributed by atoms with Crippen molar-refractivity contribution < 1.29 is 14.9 Å². The molecular formula is C16H17NO3. The van der Waals surface area contributed by atoms with Crippen LogP contribution in [0.15, 0.2) is 42.5 Å². The van der Waals surface area contributed by atoms with Crippen LogP contribution in [0.2, 0.25) is 0 Å². The summed E-state index contributed by atoms with van der Waals surface area (Å²) in [5.74, 6) is 0.889. The van der Waals surface area contributed by atoms with Crippen molar-refractivity contribution in [3.8, 4) is 16.9 Å². The van der Waals surface area contributed by atoms with Gasteiger partial charge < -0.3 is 20.7 Å². The number of fused-ring (bicyclic) bond motifs is 1. The Labute approximate surface area is 117 Å². The second-order valence-electron chi connectivity index (χ2n) is 4.97. The molecule has 1 aliphatic heterocycles. The van der Waals surface area contributed by atoms with Crippen LogP contribution in [-0.4, -0.2) is 22.9 Å². The molecule has 20 heavy (non-hydrogen) atoms. The Bertz CT molecular complexity index is 608. The first-order chi connectivity index (χ1) is 9.69. The molecule has 0 saturated carbocycles. The Morgan fingerprint density at radius 1 is 1.15 bits per heavy atom. The van der Waals surface area contributed by atoms with E-state index in [2.05, 4.69) is 6.07 Å². The Morgan fingerprint density at radius 2 is 1.90 bits per heavy atom. The van der Waals surface area contributed by atoms with Gasteiger partial charge in [0.1, 0.15) is 11.9 Å². The standard InChI is InChI=1S/C16H17NO3/c17-9-13-8-12-2-1-3-14(15(12)20-13)10-4-6-11(7-5-10)16(18)19/h1-7,13,16,18-19H,8-9,17H2. The van der Waals surface area contributed by atoms with Crippen LogP contribution >= 0.6 is 0 Å². The Kier molecular flexibility index (Phi) is 3.44. The van der Waals surface area contributed by atoms with E-state index in [9.17, 15) is 0 Å². The number of ether oxygens (including phenoxy) is 1. The van der Waals surface area contributed by atoms with E-state index in [0.29, 0.717) is 12.1 Å². The van der Waals surface area contributed by atoms with Crippen molar-refractivity contribution in [1.29, 1.82) is 0 Å². The number of nitrogens with two attached hydrogens (primary N) is 1. The molecule has 0 bridgehead atoms. The molecule has 0 spiro atoms. The molecule has 2 aromatic rings. The molecule has 0 amide bonds. The molecule has 0 fully saturated rings. The molecule has 0 aliphatic carbocycles. The van der Waals surface area contributed by atoms with Gasteiger partial charge in [0, 0.05) is 24.1 Å². The van der Waals surface area contributed by atoms with Gasteiger partial charge in [-0.3, -0.25) is 0 Å². The van der Waals surface area contributed by atoms with Gasteiger partial charge in [0.2, 0.25) is 0 Å². The highest BCUT2D eigenvalue weighted by molar-refractivity contribution is 5.73. The zero-order valence-corrected chi connectivity index (χ0v) is 11.0. The maximum atomic E-state index is 9.12. The highest BCUT2D eigenvalue weighted by atomic mass is 16.5. The minimum atomic E-state index is -1.44. The van der Waals surface area contributed by atoms with Gasteiger partial charge in [0.15, 0.2) is 6.29 Å². The van der Waals surface area contributed by atoms with Crippen molar-refractivity contribution in [3.63, 3.8) is 0 Å². The molecule has 4 N–H and O–H groups in total. The van der Waals surface area contributed by atoms with Crippen LogP contribution in [0.25, 0.3) is 11.1 Å². The second-order valence-corrected chi connectivity index (χ2v) is 4.97. The van der Waals surface area contributed by atoms with Crippen molar-refractivity contribution in [2.75, 3.05) is 6.54 Å². The maximum Gasteiger partial charge on any atom is 0.178 e. The van der Waals surface area contributed by atoms with Crippen molar-refractivity contribution in [2.45, 2.75) is 18.8 Å². The summed E-state index contributed by atoms with van der Waals surface area (Å²) in [5, 5.41) is 18.2. The third kappa shape index (κ3) is 2.29. The van der Waals surface area contributed by atoms with Gasteiger partial charge in [0.05, 0.1) is 0 Å². The summed E-state index contributed by atoms with van der Waals surface area (Å²) >= 11 is 0. The quantitative estimate of drug-likeness (QED) is 0.741. The second kappa shape index (κ2) is 5.25. The van der Waals surface area contributed by atoms with Gasteiger partial charge in [-0.1, -0.05) is 42.5 Å². The van der Waals surface area contributed by atoms with Gasteiger partial charge in [-0.2, -0.15) is 0 Å². The zero-order valence-electron chi connectivity index (χ0n) is 11.0. The normalized spacial score (nSPS) is 17.1. The molecule has 3 rings (SSSR count). The molecule has 4 nitrogen and oxygen atoms in total. The molecule has 1 heterocycles. The average molecular weight is 271 g/mol. The zero-order chi connectivity index (χ0) is 14.1. The third-order valence-electron chi connectivity index (χ3n) is 3.61. The highest BCUT2D eigenvalue weighted by Crippen LogP contribution is 2.38. The van der Waals surface area contributed by atoms with E-state index in [1.807, 2.05) is 24.3 Å². The number of hydrogen-bond donors (Lipinski definition) is 3. The Hall–Kier alpha value is -1.88. The first-order valence-corrected chi connectivity index (χ1v) is 6.64. The van der Waals surface area contributed by atoms with Crippen LogP contribution < -0.4 is 10.5 Å². The van der Waals surface area contributed by atoms with Crippen LogP contribution in [0.4, 0.5) is 0 Å². The first-order valence-electron chi connectivity index (χ1n) is 6.64. The summed E-state index contributed by atoms with van der Waals surface area (Å²) < 4.78 is 5.90. The number of rotatable bonds is 3. The van der Waals surface area contributed by atoms with Gasteiger partial charge in [-0.15, -0.1) is 0 Å². The lowest BCUT2D eigenvalue weighted by atomic mass is 9.99. The summed E-state index contributed by atoms with van der Waals surface area (Å²) in [6.45, 7) is 0.504. The summed E-state index contributed by atoms with van der Waals surface area (Å²) in [4.78, 5) is 0. The molecule has 104 valence electrons. The molecule has 4 heteroatoms. The lowest BCUT2D eigenvalue weighted by molar-refractivity contribution is -0.0424. The largest absolute Gasteiger partial charge is 0.488 e. The van der Waals surface area contributed by atoms with Gasteiger partial charge >= 0.3 is 0 Å². The fraction of sp³-hybridized carbons (Fsp3) is 0.250. The number of benzene rings is 2. The van der Waals surface area contributed by atoms with Crippen LogP contribution in [0.5, 0.6) is 5.75 Å². The smallest absolute Gasteiger partial charge is 0.178 e. The van der Waals surface area contributed by atoms with E-state index >= 15 is 0 Å². The summed E-state index contributed by atoms with van der Waals surface area (Å²) in [7, 11) is 0. The highest BCUT2D eigenvalue weighted by Gasteiger charge is 2.24. The summed E-state index contributed by atoms with van der Waals surface area (Å²) in [6.07, 6.45) is -0.555. The monoisotopic (exact) mass is 271 g/mol. The predicted octanol–water partition coefficient (Wildman–Crippen LogP) is 1.60. The van der Waals surface area contributed by atoms with E-state index < -0.39 is 6.29 Å². The van der Waals surface area contributed by atoms with Crippen molar-refractivity contribution >= 4 is 0 Å². The predicted molar refractivity (Wildman–Crippen MR) is 76.2 cm³/mol. The van der Waals surface area contributed by atoms with Gasteiger partial charge in [-0.05, 0) is 11.1 Å². The van der Waals surface area contributed by atoms with E-state index in [-0.39, 0.29) is 6.10 Å². The van der Waals surface area contributed by atoms with Crippen LogP contribution in [0.3, 0.4) is 0 Å². The molecule has 1 aliphatic rings. The average Bonchev–Trinajstić information content (AvgIpc) is 2.90. The van der Waals surface area contributed by atoms with Crippen molar-refractivity contribution in [1.82, 2.24) is 0 Å². The molecule has 1 unspecified atom stereocenters. The van der Waals surface area contributed by atoms with Gasteiger partial charge in [0.25, 0.3) is 0 Å². The number of hydrogen-bond acceptors (Lipinski definition) is 4. The fourth-order valence-electron chi connectivity index (χ4n) is 2.53. The molecular weight excluding hydrogens is 254 g/mol. The van der Waals surface area contributed by atoms with Crippen molar-refractivity contribution in [3.05, 3.63) is 53.6 Å². The lowest BCUT2D eigenvalue weighted by Crippen LogP contribution is -2.24. The molecule has 2 aromatic carbocycles. The Balaban J connectivity index is 1.98. The van der Waals surface area contributed by atoms with Crippen LogP contribution in [-0.2, 0) is 6.42 Å². The Morgan fingerprint density at radius 3 is 2.55 bits per heavy atom. The first kappa shape index (κ1) is 13.1. The molecule has 0 radical (unpaired) electrons. The van der Waals surface area contributed by atoms with Gasteiger partial charge in [-0.25, -0.2) is 0 Å². The van der Waals surface area contributed by atoms with Crippen LogP contribution in [0.1, 0.15) is 17.4 Å². The summed E-state index contributed by atoms with van der Waals surface area (Å²) in [5.41, 5.74) is 9.32. The third-order valence-corrected chi connectivity index (χ3v) is 3.61. The van der Waals surface area contributed by atoms with Crippen LogP contribution in [0, 0.1) is 0 Å².